The van der Waals surface area contributed by atoms with Crippen LogP contribution in [0.4, 0.5) is 0 Å². The Bertz CT molecular complexity index is 116. The molecular formula is Fe2O9P3+3. The molecule has 0 aromatic rings. The molecule has 0 fully saturated rings. The number of hydrogen-bond donors (Lipinski definition) is 0. The first kappa shape index (κ1) is 29.4. The van der Waals surface area contributed by atoms with Crippen LogP contribution in [0.5, 0.6) is 0 Å². The summed E-state index contributed by atoms with van der Waals surface area (Å²) in [6.07, 6.45) is 0. The van der Waals surface area contributed by atoms with Crippen LogP contribution < -0.4 is 29.4 Å². The van der Waals surface area contributed by atoms with Crippen LogP contribution in [0.3, 0.4) is 0 Å². The molecule has 0 aromatic carbocycles. The van der Waals surface area contributed by atoms with Crippen molar-refractivity contribution in [3.05, 3.63) is 0 Å². The molecule has 0 aliphatic rings. The Morgan fingerprint density at radius 2 is 0.500 bits per heavy atom. The van der Waals surface area contributed by atoms with Gasteiger partial charge in [-0.1, -0.05) is 13.7 Å². The molecule has 0 unspecified atom stereocenters. The molecule has 0 aliphatic carbocycles. The maximum absolute atomic E-state index is 8.48. The van der Waals surface area contributed by atoms with Crippen molar-refractivity contribution in [2.24, 2.45) is 0 Å². The molecule has 82 valence electrons. The van der Waals surface area contributed by atoms with Crippen LogP contribution in [0.15, 0.2) is 0 Å². The van der Waals surface area contributed by atoms with E-state index in [1.54, 1.807) is 0 Å². The third-order valence-corrected chi connectivity index (χ3v) is 0. The minimum Gasteiger partial charge on any atom is -0.598 e. The molecule has 0 aromatic heterocycles. The van der Waals surface area contributed by atoms with Gasteiger partial charge in [0.25, 0.3) is 24.8 Å². The summed E-state index contributed by atoms with van der Waals surface area (Å²) >= 11 is 0. The van der Waals surface area contributed by atoms with Gasteiger partial charge >= 0.3 is 34.1 Å². The predicted molar refractivity (Wildman–Crippen MR) is 22.8 cm³/mol. The van der Waals surface area contributed by atoms with Gasteiger partial charge in [0.15, 0.2) is 0 Å². The van der Waals surface area contributed by atoms with Crippen molar-refractivity contribution in [2.45, 2.75) is 0 Å². The minimum absolute atomic E-state index is 0. The van der Waals surface area contributed by atoms with Crippen molar-refractivity contribution in [2.75, 3.05) is 0 Å². The van der Waals surface area contributed by atoms with Crippen LogP contribution in [0, 0.1) is 0 Å². The second-order valence-electron chi connectivity index (χ2n) is 0.671. The quantitative estimate of drug-likeness (QED) is 0.305. The van der Waals surface area contributed by atoms with E-state index >= 15 is 0 Å². The third-order valence-electron chi connectivity index (χ3n) is 0. The van der Waals surface area contributed by atoms with E-state index in [1.165, 1.54) is 0 Å². The van der Waals surface area contributed by atoms with E-state index in [4.69, 9.17) is 43.1 Å². The zero-order valence-corrected chi connectivity index (χ0v) is 10.6. The van der Waals surface area contributed by atoms with Crippen molar-refractivity contribution in [1.82, 2.24) is 0 Å². The summed E-state index contributed by atoms with van der Waals surface area (Å²) in [6.45, 7) is 0. The van der Waals surface area contributed by atoms with Crippen LogP contribution in [0.2, 0.25) is 0 Å². The van der Waals surface area contributed by atoms with Crippen LogP contribution in [-0.2, 0) is 47.8 Å². The average Bonchev–Trinajstić information content (AvgIpc) is 1.54. The first-order valence-corrected chi connectivity index (χ1v) is 4.93. The smallest absolute Gasteiger partial charge is 0.598 e. The summed E-state index contributed by atoms with van der Waals surface area (Å²) in [6, 6.07) is 0. The maximum Gasteiger partial charge on any atom is 3.00 e. The van der Waals surface area contributed by atoms with Crippen LogP contribution >= 0.6 is 24.8 Å². The van der Waals surface area contributed by atoms with E-state index < -0.39 is 24.8 Å². The molecule has 0 saturated heterocycles. The molecule has 9 nitrogen and oxygen atoms in total. The van der Waals surface area contributed by atoms with Crippen LogP contribution in [0.1, 0.15) is 0 Å². The Hall–Kier alpha value is 1.10. The molecule has 0 N–H and O–H groups in total. The second-order valence-corrected chi connectivity index (χ2v) is 2.01. The molecule has 2 radical (unpaired) electrons. The molecule has 0 amide bonds. The van der Waals surface area contributed by atoms with Crippen LogP contribution in [0.25, 0.3) is 0 Å². The van der Waals surface area contributed by atoms with E-state index in [2.05, 4.69) is 0 Å². The van der Waals surface area contributed by atoms with Gasteiger partial charge in [-0.25, -0.2) is 0 Å². The zero-order chi connectivity index (χ0) is 10.7. The van der Waals surface area contributed by atoms with Gasteiger partial charge in [0, 0.05) is 0 Å². The van der Waals surface area contributed by atoms with Crippen LogP contribution in [-0.4, -0.2) is 0 Å². The standard InChI is InChI=1S/2Fe.3HO3P/c;;3*1-4(2)3/h;;3*(H,1,2,3)/q2*+3;;;/p-3. The zero-order valence-electron chi connectivity index (χ0n) is 5.72. The van der Waals surface area contributed by atoms with Gasteiger partial charge in [0.2, 0.25) is 0 Å². The SMILES string of the molecule is O=[P+]([O-])[O-].O=[P+]([O-])[O-].O=[P+]([O-])[O-].[Fe+3].[Fe+3]. The molecule has 0 rings (SSSR count). The van der Waals surface area contributed by atoms with Gasteiger partial charge in [-0.05, 0) is 0 Å². The molecule has 0 spiro atoms. The second kappa shape index (κ2) is 23.7. The van der Waals surface area contributed by atoms with Crippen molar-refractivity contribution in [3.8, 4) is 0 Å². The number of hydrogen-bond acceptors (Lipinski definition) is 9. The van der Waals surface area contributed by atoms with E-state index in [1.807, 2.05) is 0 Å². The summed E-state index contributed by atoms with van der Waals surface area (Å²) in [5.41, 5.74) is 0. The van der Waals surface area contributed by atoms with Crippen molar-refractivity contribution in [1.29, 1.82) is 0 Å². The molecule has 0 saturated carbocycles. The fraction of sp³-hybridized carbons (Fsp3) is 0. The van der Waals surface area contributed by atoms with E-state index in [9.17, 15) is 0 Å². The molecule has 14 heavy (non-hydrogen) atoms. The van der Waals surface area contributed by atoms with Gasteiger partial charge in [-0.15, -0.1) is 0 Å². The molecular weight excluding hydrogens is 349 g/mol. The average molecular weight is 349 g/mol. The largest absolute Gasteiger partial charge is 3.00 e. The fourth-order valence-electron chi connectivity index (χ4n) is 0. The molecule has 0 heterocycles. The molecule has 14 heteroatoms. The first-order chi connectivity index (χ1) is 5.20. The maximum atomic E-state index is 8.48. The molecule has 0 bridgehead atoms. The topological polar surface area (TPSA) is 190 Å². The van der Waals surface area contributed by atoms with E-state index in [0.717, 1.165) is 0 Å². The summed E-state index contributed by atoms with van der Waals surface area (Å²) in [5, 5.41) is 0. The number of rotatable bonds is 0. The van der Waals surface area contributed by atoms with Gasteiger partial charge in [-0.3, -0.25) is 0 Å². The van der Waals surface area contributed by atoms with Gasteiger partial charge in [0.05, 0.1) is 0 Å². The van der Waals surface area contributed by atoms with Gasteiger partial charge in [0.1, 0.15) is 0 Å². The molecule has 0 aliphatic heterocycles. The fourth-order valence-corrected chi connectivity index (χ4v) is 0. The monoisotopic (exact) mass is 349 g/mol. The van der Waals surface area contributed by atoms with Crippen molar-refractivity contribution in [3.63, 3.8) is 0 Å². The Balaban J connectivity index is -0.0000000270. The third kappa shape index (κ3) is 1590. The van der Waals surface area contributed by atoms with Gasteiger partial charge < -0.3 is 29.4 Å². The van der Waals surface area contributed by atoms with E-state index in [-0.39, 0.29) is 34.1 Å². The Labute approximate surface area is 102 Å². The van der Waals surface area contributed by atoms with Crippen molar-refractivity contribution < 1.29 is 77.2 Å². The Kier molecular flexibility index (Phi) is 49.9. The minimum atomic E-state index is -3.37. The van der Waals surface area contributed by atoms with E-state index in [0.29, 0.717) is 0 Å². The van der Waals surface area contributed by atoms with Crippen molar-refractivity contribution >= 4 is 24.8 Å². The van der Waals surface area contributed by atoms with Gasteiger partial charge in [-0.2, -0.15) is 0 Å². The Morgan fingerprint density at radius 1 is 0.500 bits per heavy atom. The summed E-state index contributed by atoms with van der Waals surface area (Å²) in [4.78, 5) is 50.9. The Morgan fingerprint density at radius 3 is 0.500 bits per heavy atom. The summed E-state index contributed by atoms with van der Waals surface area (Å²) < 4.78 is 25.4. The summed E-state index contributed by atoms with van der Waals surface area (Å²) in [5.74, 6) is 0. The predicted octanol–water partition coefficient (Wildman–Crippen LogP) is -4.91. The summed E-state index contributed by atoms with van der Waals surface area (Å²) in [7, 11) is -10.1. The normalized spacial score (nSPS) is 5.57. The first-order valence-electron chi connectivity index (χ1n) is 1.64. The molecule has 0 atom stereocenters.